The van der Waals surface area contributed by atoms with Crippen molar-refractivity contribution in [2.24, 2.45) is 0 Å². The summed E-state index contributed by atoms with van der Waals surface area (Å²) in [5.41, 5.74) is 8.82. The Bertz CT molecular complexity index is 790. The van der Waals surface area contributed by atoms with E-state index in [2.05, 4.69) is 20.8 Å². The van der Waals surface area contributed by atoms with Crippen LogP contribution in [0.4, 0.5) is 0 Å². The molecule has 1 heterocycles. The lowest BCUT2D eigenvalue weighted by atomic mass is 10.1. The molecule has 25 heavy (non-hydrogen) atoms. The Morgan fingerprint density at radius 3 is 1.76 bits per heavy atom. The fraction of sp³-hybridized carbons (Fsp3) is 0.150. The molecule has 0 aliphatic carbocycles. The fourth-order valence-electron chi connectivity index (χ4n) is 2.33. The van der Waals surface area contributed by atoms with E-state index in [1.165, 1.54) is 0 Å². The van der Waals surface area contributed by atoms with Crippen LogP contribution in [0, 0.1) is 0 Å². The molecular weight excluding hydrogens is 312 g/mol. The van der Waals surface area contributed by atoms with Crippen LogP contribution in [-0.4, -0.2) is 21.9 Å². The van der Waals surface area contributed by atoms with Crippen LogP contribution in [0.25, 0.3) is 22.5 Å². The first-order chi connectivity index (χ1) is 12.1. The maximum Gasteiger partial charge on any atom is 0.303 e. The van der Waals surface area contributed by atoms with Crippen molar-refractivity contribution in [2.75, 3.05) is 0 Å². The average Bonchev–Trinajstić information content (AvgIpc) is 2.67. The molecule has 0 bridgehead atoms. The van der Waals surface area contributed by atoms with Crippen molar-refractivity contribution in [3.05, 3.63) is 72.6 Å². The van der Waals surface area contributed by atoms with E-state index in [0.29, 0.717) is 11.4 Å². The summed E-state index contributed by atoms with van der Waals surface area (Å²) in [4.78, 5) is 21.3. The Morgan fingerprint density at radius 2 is 1.32 bits per heavy atom. The summed E-state index contributed by atoms with van der Waals surface area (Å²) in [7, 11) is 0. The van der Waals surface area contributed by atoms with E-state index >= 15 is 0 Å². The Kier molecular flexibility index (Phi) is 5.16. The molecule has 3 rings (SSSR count). The summed E-state index contributed by atoms with van der Waals surface area (Å²) in [5.74, 6) is -0.225. The Morgan fingerprint density at radius 1 is 0.840 bits per heavy atom. The number of hydrogen-bond acceptors (Lipinski definition) is 4. The quantitative estimate of drug-likeness (QED) is 0.702. The first kappa shape index (κ1) is 16.8. The third-order valence-corrected chi connectivity index (χ3v) is 3.54. The minimum atomic E-state index is -0.358. The summed E-state index contributed by atoms with van der Waals surface area (Å²) < 4.78 is 0. The lowest BCUT2D eigenvalue weighted by Crippen LogP contribution is -2.42. The van der Waals surface area contributed by atoms with Gasteiger partial charge in [0.25, 0.3) is 0 Å². The molecule has 0 spiro atoms. The monoisotopic (exact) mass is 332 g/mol. The SMILES string of the molecule is CC(C)NNC(=O)c1nc(-c2ccccc2)cc(-c2ccccc2)n1. The van der Waals surface area contributed by atoms with Crippen LogP contribution in [-0.2, 0) is 0 Å². The van der Waals surface area contributed by atoms with Gasteiger partial charge in [-0.1, -0.05) is 60.7 Å². The van der Waals surface area contributed by atoms with Crippen LogP contribution < -0.4 is 10.9 Å². The summed E-state index contributed by atoms with van der Waals surface area (Å²) in [6.45, 7) is 3.88. The molecule has 2 N–H and O–H groups in total. The Hall–Kier alpha value is -3.05. The van der Waals surface area contributed by atoms with Crippen LogP contribution in [0.5, 0.6) is 0 Å². The van der Waals surface area contributed by atoms with Crippen molar-refractivity contribution in [1.29, 1.82) is 0 Å². The highest BCUT2D eigenvalue weighted by atomic mass is 16.2. The van der Waals surface area contributed by atoms with Gasteiger partial charge < -0.3 is 0 Å². The maximum atomic E-state index is 12.4. The molecular formula is C20H20N4O. The van der Waals surface area contributed by atoms with Crippen molar-refractivity contribution in [1.82, 2.24) is 20.8 Å². The number of rotatable bonds is 5. The molecule has 0 aliphatic heterocycles. The van der Waals surface area contributed by atoms with E-state index in [1.54, 1.807) is 0 Å². The predicted molar refractivity (Wildman–Crippen MR) is 98.6 cm³/mol. The molecule has 0 aliphatic rings. The Labute approximate surface area is 147 Å². The summed E-state index contributed by atoms with van der Waals surface area (Å²) in [5, 5.41) is 0. The third kappa shape index (κ3) is 4.28. The van der Waals surface area contributed by atoms with Crippen LogP contribution in [0.3, 0.4) is 0 Å². The van der Waals surface area contributed by atoms with Gasteiger partial charge in [-0.15, -0.1) is 0 Å². The van der Waals surface area contributed by atoms with Gasteiger partial charge in [0.15, 0.2) is 0 Å². The first-order valence-corrected chi connectivity index (χ1v) is 8.19. The standard InChI is InChI=1S/C20H20N4O/c1-14(2)23-24-20(25)19-21-17(15-9-5-3-6-10-15)13-18(22-19)16-11-7-4-8-12-16/h3-14,23H,1-2H3,(H,24,25). The van der Waals surface area contributed by atoms with Gasteiger partial charge in [0.2, 0.25) is 5.82 Å². The number of benzene rings is 2. The van der Waals surface area contributed by atoms with Gasteiger partial charge in [0.05, 0.1) is 11.4 Å². The maximum absolute atomic E-state index is 12.4. The largest absolute Gasteiger partial charge is 0.303 e. The van der Waals surface area contributed by atoms with Gasteiger partial charge in [-0.3, -0.25) is 10.2 Å². The number of carbonyl (C=O) groups excluding carboxylic acids is 1. The third-order valence-electron chi connectivity index (χ3n) is 3.54. The number of hydrogen-bond donors (Lipinski definition) is 2. The molecule has 5 nitrogen and oxygen atoms in total. The molecule has 0 atom stereocenters. The molecule has 0 saturated carbocycles. The van der Waals surface area contributed by atoms with Crippen LogP contribution in [0.2, 0.25) is 0 Å². The average molecular weight is 332 g/mol. The van der Waals surface area contributed by atoms with E-state index in [9.17, 15) is 4.79 Å². The molecule has 0 unspecified atom stereocenters. The highest BCUT2D eigenvalue weighted by molar-refractivity contribution is 5.91. The smallest absolute Gasteiger partial charge is 0.284 e. The highest BCUT2D eigenvalue weighted by Crippen LogP contribution is 2.23. The zero-order chi connectivity index (χ0) is 17.6. The molecule has 5 heteroatoms. The van der Waals surface area contributed by atoms with Crippen molar-refractivity contribution in [2.45, 2.75) is 19.9 Å². The lowest BCUT2D eigenvalue weighted by Gasteiger charge is -2.11. The zero-order valence-corrected chi connectivity index (χ0v) is 14.2. The molecule has 0 radical (unpaired) electrons. The lowest BCUT2D eigenvalue weighted by molar-refractivity contribution is 0.0917. The van der Waals surface area contributed by atoms with Gasteiger partial charge in [-0.05, 0) is 19.9 Å². The second kappa shape index (κ2) is 7.68. The van der Waals surface area contributed by atoms with Gasteiger partial charge in [-0.2, -0.15) is 0 Å². The first-order valence-electron chi connectivity index (χ1n) is 8.19. The topological polar surface area (TPSA) is 66.9 Å². The molecule has 1 aromatic heterocycles. The number of carbonyl (C=O) groups is 1. The van der Waals surface area contributed by atoms with Crippen molar-refractivity contribution >= 4 is 5.91 Å². The highest BCUT2D eigenvalue weighted by Gasteiger charge is 2.14. The molecule has 0 saturated heterocycles. The van der Waals surface area contributed by atoms with Gasteiger partial charge >= 0.3 is 5.91 Å². The number of nitrogens with one attached hydrogen (secondary N) is 2. The molecule has 126 valence electrons. The van der Waals surface area contributed by atoms with Crippen LogP contribution in [0.15, 0.2) is 66.7 Å². The zero-order valence-electron chi connectivity index (χ0n) is 14.2. The second-order valence-corrected chi connectivity index (χ2v) is 5.95. The minimum absolute atomic E-state index is 0.120. The van der Waals surface area contributed by atoms with E-state index in [-0.39, 0.29) is 17.8 Å². The number of amides is 1. The molecule has 1 amide bonds. The fourth-order valence-corrected chi connectivity index (χ4v) is 2.33. The van der Waals surface area contributed by atoms with E-state index in [1.807, 2.05) is 80.6 Å². The second-order valence-electron chi connectivity index (χ2n) is 5.95. The predicted octanol–water partition coefficient (Wildman–Crippen LogP) is 3.45. The van der Waals surface area contributed by atoms with Gasteiger partial charge in [0, 0.05) is 17.2 Å². The van der Waals surface area contributed by atoms with Crippen LogP contribution >= 0.6 is 0 Å². The minimum Gasteiger partial charge on any atom is -0.284 e. The van der Waals surface area contributed by atoms with E-state index in [4.69, 9.17) is 0 Å². The van der Waals surface area contributed by atoms with Gasteiger partial charge in [0.1, 0.15) is 0 Å². The number of hydrazine groups is 1. The van der Waals surface area contributed by atoms with Crippen molar-refractivity contribution < 1.29 is 4.79 Å². The van der Waals surface area contributed by atoms with Crippen molar-refractivity contribution in [3.8, 4) is 22.5 Å². The number of aromatic nitrogens is 2. The molecule has 0 fully saturated rings. The summed E-state index contributed by atoms with van der Waals surface area (Å²) in [6.07, 6.45) is 0. The molecule has 3 aromatic rings. The number of nitrogens with zero attached hydrogens (tertiary/aromatic N) is 2. The summed E-state index contributed by atoms with van der Waals surface area (Å²) >= 11 is 0. The van der Waals surface area contributed by atoms with Crippen molar-refractivity contribution in [3.63, 3.8) is 0 Å². The van der Waals surface area contributed by atoms with Crippen LogP contribution in [0.1, 0.15) is 24.5 Å². The van der Waals surface area contributed by atoms with E-state index < -0.39 is 0 Å². The van der Waals surface area contributed by atoms with Gasteiger partial charge in [-0.25, -0.2) is 15.4 Å². The normalized spacial score (nSPS) is 10.7. The Balaban J connectivity index is 2.04. The summed E-state index contributed by atoms with van der Waals surface area (Å²) in [6, 6.07) is 21.5. The molecule has 2 aromatic carbocycles. The van der Waals surface area contributed by atoms with E-state index in [0.717, 1.165) is 11.1 Å².